The summed E-state index contributed by atoms with van der Waals surface area (Å²) in [6.07, 6.45) is 0.351. The molecule has 1 saturated heterocycles. The number of rotatable bonds is 7. The van der Waals surface area contributed by atoms with Gasteiger partial charge in [0.15, 0.2) is 0 Å². The molecule has 3 aromatic rings. The highest BCUT2D eigenvalue weighted by Crippen LogP contribution is 2.27. The molecular formula is C25H27ClN4O4S. The molecule has 2 amide bonds. The maximum atomic E-state index is 13.0. The van der Waals surface area contributed by atoms with E-state index < -0.39 is 16.1 Å². The molecule has 0 spiro atoms. The fourth-order valence-electron chi connectivity index (χ4n) is 4.04. The van der Waals surface area contributed by atoms with E-state index in [0.717, 1.165) is 10.8 Å². The Morgan fingerprint density at radius 2 is 1.69 bits per heavy atom. The monoisotopic (exact) mass is 514 g/mol. The number of carbonyl (C=O) groups is 2. The first kappa shape index (κ1) is 25.1. The normalized spacial score (nSPS) is 16.3. The lowest BCUT2D eigenvalue weighted by Gasteiger charge is -2.22. The zero-order valence-corrected chi connectivity index (χ0v) is 21.3. The molecule has 184 valence electrons. The molecule has 0 saturated carbocycles. The van der Waals surface area contributed by atoms with Crippen LogP contribution in [0, 0.1) is 0 Å². The minimum Gasteiger partial charge on any atom is -0.314 e. The Morgan fingerprint density at radius 3 is 2.37 bits per heavy atom. The van der Waals surface area contributed by atoms with Gasteiger partial charge in [-0.2, -0.15) is 4.72 Å². The second kappa shape index (κ2) is 9.94. The summed E-state index contributed by atoms with van der Waals surface area (Å²) in [7, 11) is 1.46. The van der Waals surface area contributed by atoms with Gasteiger partial charge >= 0.3 is 0 Å². The lowest BCUT2D eigenvalue weighted by molar-refractivity contribution is -0.119. The molecule has 0 aromatic heterocycles. The van der Waals surface area contributed by atoms with Gasteiger partial charge < -0.3 is 14.7 Å². The summed E-state index contributed by atoms with van der Waals surface area (Å²) in [5.74, 6) is -0.364. The van der Waals surface area contributed by atoms with Crippen LogP contribution in [0.3, 0.4) is 0 Å². The first-order valence-corrected chi connectivity index (χ1v) is 13.0. The molecular weight excluding hydrogens is 488 g/mol. The molecule has 1 aliphatic rings. The maximum absolute atomic E-state index is 13.0. The highest BCUT2D eigenvalue weighted by atomic mass is 35.5. The summed E-state index contributed by atoms with van der Waals surface area (Å²) < 4.78 is 28.6. The molecule has 3 aromatic carbocycles. The molecule has 0 aliphatic carbocycles. The number of hydrogen-bond acceptors (Lipinski definition) is 5. The molecule has 1 aliphatic heterocycles. The largest absolute Gasteiger partial charge is 0.314 e. The van der Waals surface area contributed by atoms with Gasteiger partial charge in [-0.1, -0.05) is 23.7 Å². The minimum absolute atomic E-state index is 0.0498. The number of carbonyl (C=O) groups excluding carboxylic acids is 2. The van der Waals surface area contributed by atoms with Crippen LogP contribution < -0.4 is 14.5 Å². The van der Waals surface area contributed by atoms with Crippen LogP contribution in [-0.2, 0) is 19.6 Å². The van der Waals surface area contributed by atoms with Crippen LogP contribution >= 0.6 is 11.6 Å². The lowest BCUT2D eigenvalue weighted by Crippen LogP contribution is -2.41. The Kier molecular flexibility index (Phi) is 7.14. The van der Waals surface area contributed by atoms with E-state index in [4.69, 9.17) is 11.6 Å². The van der Waals surface area contributed by atoms with E-state index in [-0.39, 0.29) is 23.3 Å². The van der Waals surface area contributed by atoms with Crippen LogP contribution in [0.4, 0.5) is 11.4 Å². The van der Waals surface area contributed by atoms with Crippen molar-refractivity contribution in [2.75, 3.05) is 44.0 Å². The smallest absolute Gasteiger partial charge is 0.245 e. The summed E-state index contributed by atoms with van der Waals surface area (Å²) in [6, 6.07) is 16.2. The summed E-state index contributed by atoms with van der Waals surface area (Å²) >= 11 is 6.01. The van der Waals surface area contributed by atoms with Crippen LogP contribution in [0.1, 0.15) is 6.42 Å². The van der Waals surface area contributed by atoms with Gasteiger partial charge in [0, 0.05) is 30.0 Å². The summed E-state index contributed by atoms with van der Waals surface area (Å²) in [6.45, 7) is 0.673. The molecule has 1 atom stereocenters. The van der Waals surface area contributed by atoms with E-state index in [2.05, 4.69) is 4.72 Å². The van der Waals surface area contributed by atoms with Crippen LogP contribution in [0.15, 0.2) is 65.6 Å². The Balaban J connectivity index is 1.46. The number of halogens is 1. The maximum Gasteiger partial charge on any atom is 0.245 e. The standard InChI is InChI=1S/C25H27ClN4O4S/c1-28(2)16-24(31)29(3)20-7-9-21(10-8-20)30-13-12-23(25(30)32)27-35(33,34)22-11-5-17-14-19(26)6-4-18(17)15-22/h4-11,14-15,23,27H,12-13,16H2,1-3H3/t23-/m0/s1. The number of benzene rings is 3. The van der Waals surface area contributed by atoms with Gasteiger partial charge in [0.05, 0.1) is 11.4 Å². The Morgan fingerprint density at radius 1 is 1.03 bits per heavy atom. The average molecular weight is 515 g/mol. The third-order valence-corrected chi connectivity index (χ3v) is 7.67. The highest BCUT2D eigenvalue weighted by molar-refractivity contribution is 7.89. The Hall–Kier alpha value is -2.98. The number of likely N-dealkylation sites (N-methyl/N-ethyl adjacent to an activating group) is 2. The number of anilines is 2. The molecule has 0 unspecified atom stereocenters. The SMILES string of the molecule is CN(C)CC(=O)N(C)c1ccc(N2CC[C@H](NS(=O)(=O)c3ccc4cc(Cl)ccc4c3)C2=O)cc1. The van der Waals surface area contributed by atoms with Crippen molar-refractivity contribution >= 4 is 55.6 Å². The summed E-state index contributed by atoms with van der Waals surface area (Å²) in [5.41, 5.74) is 1.36. The molecule has 1 fully saturated rings. The first-order valence-electron chi connectivity index (χ1n) is 11.1. The zero-order chi connectivity index (χ0) is 25.3. The van der Waals surface area contributed by atoms with E-state index in [1.54, 1.807) is 76.3 Å². The van der Waals surface area contributed by atoms with Crippen LogP contribution in [0.5, 0.6) is 0 Å². The predicted octanol–water partition coefficient (Wildman–Crippen LogP) is 3.10. The number of nitrogens with one attached hydrogen (secondary N) is 1. The fraction of sp³-hybridized carbons (Fsp3) is 0.280. The van der Waals surface area contributed by atoms with Gasteiger partial charge in [0.2, 0.25) is 21.8 Å². The van der Waals surface area contributed by atoms with Gasteiger partial charge in [-0.25, -0.2) is 8.42 Å². The minimum atomic E-state index is -3.90. The molecule has 1 heterocycles. The highest BCUT2D eigenvalue weighted by Gasteiger charge is 2.35. The lowest BCUT2D eigenvalue weighted by atomic mass is 10.1. The van der Waals surface area contributed by atoms with E-state index >= 15 is 0 Å². The van der Waals surface area contributed by atoms with Gasteiger partial charge in [-0.05, 0) is 79.8 Å². The van der Waals surface area contributed by atoms with Crippen molar-refractivity contribution in [2.24, 2.45) is 0 Å². The third kappa shape index (κ3) is 5.48. The van der Waals surface area contributed by atoms with E-state index in [1.807, 2.05) is 14.1 Å². The molecule has 35 heavy (non-hydrogen) atoms. The molecule has 10 heteroatoms. The van der Waals surface area contributed by atoms with Crippen molar-refractivity contribution in [3.05, 3.63) is 65.7 Å². The van der Waals surface area contributed by atoms with Gasteiger partial charge in [0.1, 0.15) is 6.04 Å². The second-order valence-electron chi connectivity index (χ2n) is 8.81. The van der Waals surface area contributed by atoms with Crippen LogP contribution in [-0.4, -0.2) is 65.4 Å². The topological polar surface area (TPSA) is 90.0 Å². The molecule has 0 bridgehead atoms. The van der Waals surface area contributed by atoms with Gasteiger partial charge in [-0.15, -0.1) is 0 Å². The van der Waals surface area contributed by atoms with Crippen molar-refractivity contribution in [2.45, 2.75) is 17.4 Å². The summed E-state index contributed by atoms with van der Waals surface area (Å²) in [4.78, 5) is 30.3. The van der Waals surface area contributed by atoms with E-state index in [0.29, 0.717) is 29.4 Å². The van der Waals surface area contributed by atoms with Crippen molar-refractivity contribution in [1.82, 2.24) is 9.62 Å². The Labute approximate surface area is 210 Å². The number of amides is 2. The van der Waals surface area contributed by atoms with Crippen molar-refractivity contribution < 1.29 is 18.0 Å². The van der Waals surface area contributed by atoms with Crippen LogP contribution in [0.25, 0.3) is 10.8 Å². The third-order valence-electron chi connectivity index (χ3n) is 5.96. The van der Waals surface area contributed by atoms with Gasteiger partial charge in [0.25, 0.3) is 0 Å². The second-order valence-corrected chi connectivity index (χ2v) is 11.0. The molecule has 0 radical (unpaired) electrons. The Bertz CT molecular complexity index is 1380. The molecule has 1 N–H and O–H groups in total. The molecule has 8 nitrogen and oxygen atoms in total. The quantitative estimate of drug-likeness (QED) is 0.523. The zero-order valence-electron chi connectivity index (χ0n) is 19.7. The number of hydrogen-bond donors (Lipinski definition) is 1. The van der Waals surface area contributed by atoms with E-state index in [1.165, 1.54) is 6.07 Å². The van der Waals surface area contributed by atoms with E-state index in [9.17, 15) is 18.0 Å². The van der Waals surface area contributed by atoms with Crippen molar-refractivity contribution in [3.8, 4) is 0 Å². The van der Waals surface area contributed by atoms with Crippen molar-refractivity contribution in [1.29, 1.82) is 0 Å². The van der Waals surface area contributed by atoms with Crippen LogP contribution in [0.2, 0.25) is 5.02 Å². The first-order chi connectivity index (χ1) is 16.5. The number of fused-ring (bicyclic) bond motifs is 1. The van der Waals surface area contributed by atoms with Gasteiger partial charge in [-0.3, -0.25) is 9.59 Å². The predicted molar refractivity (Wildman–Crippen MR) is 138 cm³/mol. The molecule has 4 rings (SSSR count). The average Bonchev–Trinajstić information content (AvgIpc) is 3.17. The van der Waals surface area contributed by atoms with Crippen molar-refractivity contribution in [3.63, 3.8) is 0 Å². The number of nitrogens with zero attached hydrogens (tertiary/aromatic N) is 3. The summed E-state index contributed by atoms with van der Waals surface area (Å²) in [5, 5.41) is 2.14. The fourth-order valence-corrected chi connectivity index (χ4v) is 5.48. The number of sulfonamides is 1.